The molecule has 28 heavy (non-hydrogen) atoms. The van der Waals surface area contributed by atoms with Crippen LogP contribution in [0.1, 0.15) is 88.4 Å². The van der Waals surface area contributed by atoms with Crippen molar-refractivity contribution in [1.29, 1.82) is 0 Å². The Hall–Kier alpha value is -2.44. The third-order valence-electron chi connectivity index (χ3n) is 5.73. The number of anilines is 1. The van der Waals surface area contributed by atoms with Crippen LogP contribution < -0.4 is 10.9 Å². The molecule has 0 aromatic carbocycles. The lowest BCUT2D eigenvalue weighted by molar-refractivity contribution is -0.117. The first kappa shape index (κ1) is 18.9. The Balaban J connectivity index is 1.60. The van der Waals surface area contributed by atoms with Crippen molar-refractivity contribution in [3.63, 3.8) is 0 Å². The molecule has 0 saturated heterocycles. The fraction of sp³-hybridized carbons (Fsp3) is 0.619. The number of rotatable bonds is 6. The van der Waals surface area contributed by atoms with E-state index in [1.54, 1.807) is 4.68 Å². The van der Waals surface area contributed by atoms with Crippen LogP contribution in [-0.2, 0) is 4.79 Å². The summed E-state index contributed by atoms with van der Waals surface area (Å²) in [4.78, 5) is 32.1. The SMILES string of the molecule is CC(C)c1cc(=O)[nH]c(-n2nc(C3CC3)cc2NC(=O)CC2CCCCC2)n1. The minimum Gasteiger partial charge on any atom is -0.310 e. The molecule has 0 spiro atoms. The third-order valence-corrected chi connectivity index (χ3v) is 5.73. The van der Waals surface area contributed by atoms with Gasteiger partial charge in [0.25, 0.3) is 5.56 Å². The van der Waals surface area contributed by atoms with Gasteiger partial charge in [-0.2, -0.15) is 9.78 Å². The largest absolute Gasteiger partial charge is 0.310 e. The summed E-state index contributed by atoms with van der Waals surface area (Å²) in [6.45, 7) is 3.99. The van der Waals surface area contributed by atoms with Crippen LogP contribution in [0.15, 0.2) is 16.9 Å². The Morgan fingerprint density at radius 2 is 1.96 bits per heavy atom. The molecule has 2 fully saturated rings. The number of aromatic amines is 1. The van der Waals surface area contributed by atoms with Crippen LogP contribution in [0.3, 0.4) is 0 Å². The highest BCUT2D eigenvalue weighted by Crippen LogP contribution is 2.40. The van der Waals surface area contributed by atoms with Gasteiger partial charge in [0.05, 0.1) is 11.4 Å². The minimum atomic E-state index is -0.211. The molecule has 0 unspecified atom stereocenters. The highest BCUT2D eigenvalue weighted by Gasteiger charge is 2.29. The quantitative estimate of drug-likeness (QED) is 0.792. The van der Waals surface area contributed by atoms with E-state index in [2.05, 4.69) is 20.4 Å². The summed E-state index contributed by atoms with van der Waals surface area (Å²) >= 11 is 0. The van der Waals surface area contributed by atoms with E-state index in [9.17, 15) is 9.59 Å². The van der Waals surface area contributed by atoms with Crippen molar-refractivity contribution < 1.29 is 4.79 Å². The monoisotopic (exact) mass is 383 g/mol. The molecule has 2 aromatic heterocycles. The van der Waals surface area contributed by atoms with Gasteiger partial charge in [-0.3, -0.25) is 14.6 Å². The number of H-pyrrole nitrogens is 1. The predicted octanol–water partition coefficient (Wildman–Crippen LogP) is 3.87. The molecule has 2 heterocycles. The molecule has 1 amide bonds. The zero-order valence-electron chi connectivity index (χ0n) is 16.7. The van der Waals surface area contributed by atoms with Gasteiger partial charge in [0, 0.05) is 24.5 Å². The number of carbonyl (C=O) groups is 1. The van der Waals surface area contributed by atoms with E-state index in [0.29, 0.717) is 35.7 Å². The summed E-state index contributed by atoms with van der Waals surface area (Å²) in [5, 5.41) is 7.68. The molecule has 4 rings (SSSR count). The van der Waals surface area contributed by atoms with Crippen LogP contribution in [0, 0.1) is 5.92 Å². The van der Waals surface area contributed by atoms with E-state index in [0.717, 1.165) is 31.4 Å². The zero-order valence-corrected chi connectivity index (χ0v) is 16.7. The number of carbonyl (C=O) groups excluding carboxylic acids is 1. The molecule has 150 valence electrons. The molecule has 2 N–H and O–H groups in total. The lowest BCUT2D eigenvalue weighted by Gasteiger charge is -2.20. The number of hydrogen-bond acceptors (Lipinski definition) is 4. The van der Waals surface area contributed by atoms with Crippen LogP contribution in [0.2, 0.25) is 0 Å². The lowest BCUT2D eigenvalue weighted by Crippen LogP contribution is -2.21. The number of amides is 1. The van der Waals surface area contributed by atoms with E-state index >= 15 is 0 Å². The summed E-state index contributed by atoms with van der Waals surface area (Å²) in [5.41, 5.74) is 1.45. The van der Waals surface area contributed by atoms with Crippen LogP contribution in [-0.4, -0.2) is 25.7 Å². The fourth-order valence-electron chi connectivity index (χ4n) is 3.94. The molecule has 7 heteroatoms. The van der Waals surface area contributed by atoms with E-state index in [1.807, 2.05) is 19.9 Å². The van der Waals surface area contributed by atoms with Crippen LogP contribution in [0.25, 0.3) is 5.95 Å². The maximum Gasteiger partial charge on any atom is 0.252 e. The van der Waals surface area contributed by atoms with Crippen molar-refractivity contribution in [2.45, 2.75) is 77.0 Å². The average Bonchev–Trinajstić information content (AvgIpc) is 3.43. The summed E-state index contributed by atoms with van der Waals surface area (Å²) < 4.78 is 1.58. The van der Waals surface area contributed by atoms with Crippen molar-refractivity contribution >= 4 is 11.7 Å². The second-order valence-corrected chi connectivity index (χ2v) is 8.55. The Labute approximate surface area is 165 Å². The molecule has 7 nitrogen and oxygen atoms in total. The minimum absolute atomic E-state index is 0.0118. The first-order valence-electron chi connectivity index (χ1n) is 10.5. The van der Waals surface area contributed by atoms with Crippen molar-refractivity contribution in [1.82, 2.24) is 19.7 Å². The number of hydrogen-bond donors (Lipinski definition) is 2. The van der Waals surface area contributed by atoms with Crippen molar-refractivity contribution in [3.05, 3.63) is 33.9 Å². The van der Waals surface area contributed by atoms with Gasteiger partial charge in [-0.25, -0.2) is 4.98 Å². The van der Waals surface area contributed by atoms with Crippen LogP contribution in [0.4, 0.5) is 5.82 Å². The van der Waals surface area contributed by atoms with Gasteiger partial charge in [0.2, 0.25) is 11.9 Å². The molecule has 0 radical (unpaired) electrons. The molecule has 2 aliphatic rings. The van der Waals surface area contributed by atoms with Crippen molar-refractivity contribution in [3.8, 4) is 5.95 Å². The molecule has 0 bridgehead atoms. The molecular weight excluding hydrogens is 354 g/mol. The standard InChI is InChI=1S/C21H29N5O2/c1-13(2)16-12-20(28)24-21(22-16)26-18(11-17(25-26)15-8-9-15)23-19(27)10-14-6-4-3-5-7-14/h11-15H,3-10H2,1-2H3,(H,23,27)(H,22,24,28). The van der Waals surface area contributed by atoms with Gasteiger partial charge in [-0.05, 0) is 37.5 Å². The summed E-state index contributed by atoms with van der Waals surface area (Å²) in [6.07, 6.45) is 8.74. The van der Waals surface area contributed by atoms with Gasteiger partial charge >= 0.3 is 0 Å². The summed E-state index contributed by atoms with van der Waals surface area (Å²) in [5.74, 6) is 2.00. The Morgan fingerprint density at radius 3 is 2.64 bits per heavy atom. The predicted molar refractivity (Wildman–Crippen MR) is 108 cm³/mol. The van der Waals surface area contributed by atoms with Crippen LogP contribution >= 0.6 is 0 Å². The summed E-state index contributed by atoms with van der Waals surface area (Å²) in [6, 6.07) is 3.44. The van der Waals surface area contributed by atoms with Gasteiger partial charge in [0.1, 0.15) is 5.82 Å². The summed E-state index contributed by atoms with van der Waals surface area (Å²) in [7, 11) is 0. The van der Waals surface area contributed by atoms with E-state index in [-0.39, 0.29) is 17.4 Å². The highest BCUT2D eigenvalue weighted by molar-refractivity contribution is 5.90. The average molecular weight is 383 g/mol. The van der Waals surface area contributed by atoms with E-state index < -0.39 is 0 Å². The normalized spacial score (nSPS) is 17.8. The van der Waals surface area contributed by atoms with Gasteiger partial charge in [0.15, 0.2) is 0 Å². The number of nitrogens with zero attached hydrogens (tertiary/aromatic N) is 3. The van der Waals surface area contributed by atoms with Crippen LogP contribution in [0.5, 0.6) is 0 Å². The van der Waals surface area contributed by atoms with Gasteiger partial charge in [-0.1, -0.05) is 33.1 Å². The van der Waals surface area contributed by atoms with Crippen molar-refractivity contribution in [2.75, 3.05) is 5.32 Å². The molecule has 2 aromatic rings. The fourth-order valence-corrected chi connectivity index (χ4v) is 3.94. The Kier molecular flexibility index (Phi) is 5.33. The second kappa shape index (κ2) is 7.89. The smallest absolute Gasteiger partial charge is 0.252 e. The van der Waals surface area contributed by atoms with Gasteiger partial charge in [-0.15, -0.1) is 0 Å². The lowest BCUT2D eigenvalue weighted by atomic mass is 9.87. The first-order chi connectivity index (χ1) is 13.5. The van der Waals surface area contributed by atoms with E-state index in [4.69, 9.17) is 0 Å². The molecule has 2 saturated carbocycles. The Bertz CT molecular complexity index is 904. The second-order valence-electron chi connectivity index (χ2n) is 8.55. The third kappa shape index (κ3) is 4.34. The topological polar surface area (TPSA) is 92.7 Å². The first-order valence-corrected chi connectivity index (χ1v) is 10.5. The molecule has 0 atom stereocenters. The van der Waals surface area contributed by atoms with Gasteiger partial charge < -0.3 is 5.32 Å². The number of nitrogens with one attached hydrogen (secondary N) is 2. The zero-order chi connectivity index (χ0) is 19.7. The Morgan fingerprint density at radius 1 is 1.21 bits per heavy atom. The maximum absolute atomic E-state index is 12.7. The van der Waals surface area contributed by atoms with Crippen molar-refractivity contribution in [2.24, 2.45) is 5.92 Å². The molecule has 0 aliphatic heterocycles. The highest BCUT2D eigenvalue weighted by atomic mass is 16.1. The molecule has 2 aliphatic carbocycles. The maximum atomic E-state index is 12.7. The number of aromatic nitrogens is 4. The van der Waals surface area contributed by atoms with E-state index in [1.165, 1.54) is 25.3 Å². The molecular formula is C21H29N5O2.